The third-order valence-corrected chi connectivity index (χ3v) is 8.02. The van der Waals surface area contributed by atoms with Crippen molar-refractivity contribution in [1.29, 1.82) is 0 Å². The smallest absolute Gasteiger partial charge is 0.310 e. The second-order valence-electron chi connectivity index (χ2n) is 10.2. The van der Waals surface area contributed by atoms with Crippen molar-refractivity contribution in [3.05, 3.63) is 48.2 Å². The molecule has 0 spiro atoms. The molecule has 32 heavy (non-hydrogen) atoms. The fraction of sp³-hybridized carbons (Fsp3) is 0.607. The van der Waals surface area contributed by atoms with E-state index in [2.05, 4.69) is 47.4 Å². The summed E-state index contributed by atoms with van der Waals surface area (Å²) in [6, 6.07) is 7.22. The number of carbonyl (C=O) groups excluding carboxylic acids is 1. The molecule has 172 valence electrons. The van der Waals surface area contributed by atoms with E-state index in [4.69, 9.17) is 4.74 Å². The minimum absolute atomic E-state index is 0.0333. The molecule has 0 N–H and O–H groups in total. The first kappa shape index (κ1) is 21.8. The van der Waals surface area contributed by atoms with Gasteiger partial charge in [-0.1, -0.05) is 38.0 Å². The topological polar surface area (TPSA) is 34.5 Å². The van der Waals surface area contributed by atoms with Crippen LogP contribution in [0, 0.1) is 5.92 Å². The number of likely N-dealkylation sites (tertiary alicyclic amines) is 1. The Morgan fingerprint density at radius 2 is 2.03 bits per heavy atom. The van der Waals surface area contributed by atoms with Gasteiger partial charge >= 0.3 is 5.97 Å². The molecular formula is C28H38N2O2. The number of piperidine rings is 1. The predicted molar refractivity (Wildman–Crippen MR) is 130 cm³/mol. The maximum atomic E-state index is 13.3. The zero-order valence-corrected chi connectivity index (χ0v) is 19.6. The van der Waals surface area contributed by atoms with Crippen molar-refractivity contribution in [2.24, 2.45) is 5.92 Å². The summed E-state index contributed by atoms with van der Waals surface area (Å²) in [6.45, 7) is 8.93. The molecule has 0 unspecified atom stereocenters. The molecule has 3 atom stereocenters. The molecular weight excluding hydrogens is 396 g/mol. The number of hydrogen-bond acceptors (Lipinski definition) is 3. The molecule has 0 amide bonds. The summed E-state index contributed by atoms with van der Waals surface area (Å²) in [4.78, 5) is 15.8. The molecule has 2 aromatic rings. The SMILES string of the molecule is C=CCN1C[C@H](C(=O)OC2CCCCCC2)C[C@@H]2c3cccc4c3c(cn4CCC)C[C@H]21. The lowest BCUT2D eigenvalue weighted by Crippen LogP contribution is -2.51. The summed E-state index contributed by atoms with van der Waals surface area (Å²) < 4.78 is 8.53. The lowest BCUT2D eigenvalue weighted by Gasteiger charge is -2.46. The Bertz CT molecular complexity index is 969. The van der Waals surface area contributed by atoms with Crippen LogP contribution in [-0.2, 0) is 22.5 Å². The van der Waals surface area contributed by atoms with Gasteiger partial charge in [0.2, 0.25) is 0 Å². The van der Waals surface area contributed by atoms with Gasteiger partial charge in [-0.25, -0.2) is 0 Å². The summed E-state index contributed by atoms with van der Waals surface area (Å²) in [5.74, 6) is 0.365. The van der Waals surface area contributed by atoms with E-state index >= 15 is 0 Å². The van der Waals surface area contributed by atoms with Crippen molar-refractivity contribution < 1.29 is 9.53 Å². The molecule has 4 heteroatoms. The monoisotopic (exact) mass is 434 g/mol. The number of benzene rings is 1. The molecule has 0 bridgehead atoms. The molecule has 1 aliphatic heterocycles. The molecule has 1 saturated carbocycles. The highest BCUT2D eigenvalue weighted by Crippen LogP contribution is 2.45. The van der Waals surface area contributed by atoms with Crippen LogP contribution < -0.4 is 0 Å². The largest absolute Gasteiger partial charge is 0.462 e. The zero-order chi connectivity index (χ0) is 22.1. The van der Waals surface area contributed by atoms with E-state index in [0.717, 1.165) is 51.7 Å². The second kappa shape index (κ2) is 9.43. The lowest BCUT2D eigenvalue weighted by molar-refractivity contribution is -0.157. The molecule has 2 aliphatic carbocycles. The summed E-state index contributed by atoms with van der Waals surface area (Å²) in [7, 11) is 0. The average molecular weight is 435 g/mol. The van der Waals surface area contributed by atoms with Crippen LogP contribution in [0.25, 0.3) is 10.9 Å². The summed E-state index contributed by atoms with van der Waals surface area (Å²) in [6.07, 6.45) is 14.6. The van der Waals surface area contributed by atoms with Crippen LogP contribution >= 0.6 is 0 Å². The van der Waals surface area contributed by atoms with Gasteiger partial charge in [0.15, 0.2) is 0 Å². The van der Waals surface area contributed by atoms with Crippen molar-refractivity contribution in [1.82, 2.24) is 9.47 Å². The Morgan fingerprint density at radius 3 is 2.78 bits per heavy atom. The molecule has 5 rings (SSSR count). The Balaban J connectivity index is 1.43. The Morgan fingerprint density at radius 1 is 1.22 bits per heavy atom. The zero-order valence-electron chi connectivity index (χ0n) is 19.6. The molecule has 3 aliphatic rings. The molecule has 0 radical (unpaired) electrons. The number of nitrogens with zero attached hydrogens (tertiary/aromatic N) is 2. The minimum Gasteiger partial charge on any atom is -0.462 e. The van der Waals surface area contributed by atoms with Gasteiger partial charge in [0.05, 0.1) is 5.92 Å². The van der Waals surface area contributed by atoms with Gasteiger partial charge in [0.25, 0.3) is 0 Å². The van der Waals surface area contributed by atoms with Gasteiger partial charge in [0, 0.05) is 48.7 Å². The Labute approximate surface area is 192 Å². The normalized spacial score (nSPS) is 26.5. The number of ether oxygens (including phenoxy) is 1. The summed E-state index contributed by atoms with van der Waals surface area (Å²) >= 11 is 0. The number of carbonyl (C=O) groups is 1. The lowest BCUT2D eigenvalue weighted by atomic mass is 9.72. The molecule has 1 aromatic carbocycles. The number of aromatic nitrogens is 1. The van der Waals surface area contributed by atoms with Crippen LogP contribution in [0.4, 0.5) is 0 Å². The number of fused-ring (bicyclic) bond motifs is 2. The van der Waals surface area contributed by atoms with Crippen molar-refractivity contribution in [2.45, 2.75) is 89.3 Å². The van der Waals surface area contributed by atoms with Gasteiger partial charge in [-0.2, -0.15) is 0 Å². The van der Waals surface area contributed by atoms with Gasteiger partial charge in [-0.05, 0) is 62.1 Å². The molecule has 2 fully saturated rings. The first-order valence-corrected chi connectivity index (χ1v) is 12.9. The first-order chi connectivity index (χ1) is 15.7. The minimum atomic E-state index is -0.0472. The fourth-order valence-electron chi connectivity index (χ4n) is 6.57. The quantitative estimate of drug-likeness (QED) is 0.326. The standard InChI is InChI=1S/C28H38N2O2/c1-3-14-29-18-20-17-26-24(23-12-9-13-25(29)27(20)23)16-21(19-30(26)15-4-2)28(31)32-22-10-7-5-6-8-11-22/h4,9,12-13,18,21-22,24,26H,2-3,5-8,10-11,14-17,19H2,1H3/t21-,24-,26-/m1/s1. The van der Waals surface area contributed by atoms with Crippen LogP contribution in [0.15, 0.2) is 37.1 Å². The van der Waals surface area contributed by atoms with E-state index in [-0.39, 0.29) is 18.0 Å². The van der Waals surface area contributed by atoms with Crippen molar-refractivity contribution in [3.8, 4) is 0 Å². The highest BCUT2D eigenvalue weighted by Gasteiger charge is 2.43. The fourth-order valence-corrected chi connectivity index (χ4v) is 6.57. The van der Waals surface area contributed by atoms with Crippen LogP contribution in [0.5, 0.6) is 0 Å². The molecule has 1 aromatic heterocycles. The predicted octanol–water partition coefficient (Wildman–Crippen LogP) is 5.83. The highest BCUT2D eigenvalue weighted by atomic mass is 16.5. The van der Waals surface area contributed by atoms with Gasteiger partial charge in [-0.3, -0.25) is 9.69 Å². The van der Waals surface area contributed by atoms with E-state index in [9.17, 15) is 4.79 Å². The van der Waals surface area contributed by atoms with E-state index < -0.39 is 0 Å². The Hall–Kier alpha value is -2.07. The molecule has 4 nitrogen and oxygen atoms in total. The van der Waals surface area contributed by atoms with E-state index in [1.165, 1.54) is 47.7 Å². The third-order valence-electron chi connectivity index (χ3n) is 8.02. The molecule has 2 heterocycles. The number of hydrogen-bond donors (Lipinski definition) is 0. The Kier molecular flexibility index (Phi) is 6.41. The van der Waals surface area contributed by atoms with Crippen LogP contribution in [0.3, 0.4) is 0 Å². The summed E-state index contributed by atoms with van der Waals surface area (Å²) in [5, 5.41) is 1.44. The van der Waals surface area contributed by atoms with Crippen molar-refractivity contribution in [2.75, 3.05) is 13.1 Å². The van der Waals surface area contributed by atoms with Crippen LogP contribution in [0.2, 0.25) is 0 Å². The van der Waals surface area contributed by atoms with Crippen molar-refractivity contribution in [3.63, 3.8) is 0 Å². The molecule has 1 saturated heterocycles. The van der Waals surface area contributed by atoms with Crippen molar-refractivity contribution >= 4 is 16.9 Å². The number of aryl methyl sites for hydroxylation is 1. The van der Waals surface area contributed by atoms with Gasteiger partial charge < -0.3 is 9.30 Å². The van der Waals surface area contributed by atoms with Crippen LogP contribution in [-0.4, -0.2) is 40.7 Å². The number of esters is 1. The highest BCUT2D eigenvalue weighted by molar-refractivity contribution is 5.89. The average Bonchev–Trinajstić information content (AvgIpc) is 2.96. The van der Waals surface area contributed by atoms with E-state index in [0.29, 0.717) is 12.0 Å². The maximum absolute atomic E-state index is 13.3. The van der Waals surface area contributed by atoms with E-state index in [1.54, 1.807) is 0 Å². The van der Waals surface area contributed by atoms with Crippen LogP contribution in [0.1, 0.15) is 75.3 Å². The maximum Gasteiger partial charge on any atom is 0.310 e. The first-order valence-electron chi connectivity index (χ1n) is 12.9. The number of rotatable bonds is 6. The second-order valence-corrected chi connectivity index (χ2v) is 10.2. The third kappa shape index (κ3) is 4.03. The summed E-state index contributed by atoms with van der Waals surface area (Å²) in [5.41, 5.74) is 4.26. The van der Waals surface area contributed by atoms with Gasteiger partial charge in [-0.15, -0.1) is 6.58 Å². The van der Waals surface area contributed by atoms with E-state index in [1.807, 2.05) is 6.08 Å². The van der Waals surface area contributed by atoms with Gasteiger partial charge in [0.1, 0.15) is 6.10 Å².